The smallest absolute Gasteiger partial charge is 0.253 e. The monoisotopic (exact) mass is 417 g/mol. The van der Waals surface area contributed by atoms with Crippen molar-refractivity contribution in [2.75, 3.05) is 19.6 Å². The lowest BCUT2D eigenvalue weighted by Crippen LogP contribution is -2.38. The number of tetrazole rings is 1. The average Bonchev–Trinajstić information content (AvgIpc) is 3.51. The van der Waals surface area contributed by atoms with Gasteiger partial charge in [-0.25, -0.2) is 0 Å². The van der Waals surface area contributed by atoms with E-state index in [1.54, 1.807) is 30.3 Å². The number of carbonyl (C=O) groups is 2. The van der Waals surface area contributed by atoms with E-state index in [0.717, 1.165) is 17.7 Å². The van der Waals surface area contributed by atoms with Crippen LogP contribution in [0.5, 0.6) is 0 Å². The Balaban J connectivity index is 1.26. The van der Waals surface area contributed by atoms with Gasteiger partial charge in [-0.05, 0) is 42.3 Å². The van der Waals surface area contributed by atoms with Crippen LogP contribution in [0.2, 0.25) is 0 Å². The summed E-state index contributed by atoms with van der Waals surface area (Å²) in [5.74, 6) is 0.607. The Kier molecular flexibility index (Phi) is 4.72. The molecule has 31 heavy (non-hydrogen) atoms. The normalized spacial score (nSPS) is 20.7. The Hall–Kier alpha value is -3.62. The van der Waals surface area contributed by atoms with Gasteiger partial charge in [0.2, 0.25) is 11.7 Å². The van der Waals surface area contributed by atoms with E-state index in [4.69, 9.17) is 0 Å². The summed E-state index contributed by atoms with van der Waals surface area (Å²) < 4.78 is 0. The molecule has 2 aliphatic heterocycles. The summed E-state index contributed by atoms with van der Waals surface area (Å²) in [6.45, 7) is 2.29. The van der Waals surface area contributed by atoms with E-state index in [2.05, 4.69) is 20.4 Å². The second kappa shape index (κ2) is 7.57. The molecule has 1 unspecified atom stereocenters. The fraction of sp³-hybridized carbons (Fsp3) is 0.364. The third kappa shape index (κ3) is 3.56. The molecule has 3 aromatic rings. The van der Waals surface area contributed by atoms with Crippen LogP contribution in [0.25, 0.3) is 11.4 Å². The molecule has 4 heterocycles. The van der Waals surface area contributed by atoms with Crippen molar-refractivity contribution in [2.45, 2.75) is 19.4 Å². The van der Waals surface area contributed by atoms with Crippen molar-refractivity contribution < 1.29 is 9.59 Å². The number of amides is 2. The van der Waals surface area contributed by atoms with Crippen LogP contribution >= 0.6 is 0 Å². The van der Waals surface area contributed by atoms with E-state index in [1.807, 2.05) is 35.2 Å². The van der Waals surface area contributed by atoms with Crippen LogP contribution in [-0.2, 0) is 18.4 Å². The van der Waals surface area contributed by atoms with Crippen molar-refractivity contribution >= 4 is 11.8 Å². The third-order valence-corrected chi connectivity index (χ3v) is 6.22. The number of aromatic nitrogens is 5. The summed E-state index contributed by atoms with van der Waals surface area (Å²) in [6, 6.07) is 12.9. The zero-order valence-corrected chi connectivity index (χ0v) is 17.3. The molecular formula is C22H23N7O2. The highest BCUT2D eigenvalue weighted by Gasteiger charge is 2.51. The maximum Gasteiger partial charge on any atom is 0.253 e. The molecule has 2 amide bonds. The van der Waals surface area contributed by atoms with E-state index < -0.39 is 5.41 Å². The van der Waals surface area contributed by atoms with Crippen LogP contribution in [0.15, 0.2) is 48.7 Å². The molecule has 1 aromatic carbocycles. The lowest BCUT2D eigenvalue weighted by molar-refractivity contribution is -0.135. The highest BCUT2D eigenvalue weighted by Crippen LogP contribution is 2.41. The van der Waals surface area contributed by atoms with Gasteiger partial charge >= 0.3 is 0 Å². The van der Waals surface area contributed by atoms with Crippen molar-refractivity contribution in [3.8, 4) is 11.4 Å². The van der Waals surface area contributed by atoms with E-state index >= 15 is 0 Å². The highest BCUT2D eigenvalue weighted by molar-refractivity contribution is 5.96. The van der Waals surface area contributed by atoms with Crippen LogP contribution < -0.4 is 0 Å². The van der Waals surface area contributed by atoms with Gasteiger partial charge in [0.15, 0.2) is 0 Å². The number of pyridine rings is 1. The van der Waals surface area contributed by atoms with Gasteiger partial charge in [0.25, 0.3) is 5.91 Å². The molecule has 1 atom stereocenters. The van der Waals surface area contributed by atoms with Crippen LogP contribution in [-0.4, -0.2) is 66.4 Å². The molecule has 2 fully saturated rings. The lowest BCUT2D eigenvalue weighted by atomic mass is 9.85. The lowest BCUT2D eigenvalue weighted by Gasteiger charge is -2.23. The standard InChI is InChI=1S/C22H23N7O2/c1-27-25-19(24-26-27)16-5-7-17(8-6-16)20(30)29-13-10-22(15-29)9-12-28(21(22)31)14-18-4-2-3-11-23-18/h2-8,11H,9-10,12-15H2,1H3. The molecule has 1 spiro atoms. The van der Waals surface area contributed by atoms with E-state index in [0.29, 0.717) is 44.0 Å². The molecule has 9 heteroatoms. The largest absolute Gasteiger partial charge is 0.338 e. The van der Waals surface area contributed by atoms with E-state index in [9.17, 15) is 9.59 Å². The van der Waals surface area contributed by atoms with Gasteiger partial charge in [0.05, 0.1) is 24.7 Å². The summed E-state index contributed by atoms with van der Waals surface area (Å²) >= 11 is 0. The maximum absolute atomic E-state index is 13.2. The quantitative estimate of drug-likeness (QED) is 0.639. The van der Waals surface area contributed by atoms with Crippen LogP contribution in [0, 0.1) is 5.41 Å². The summed E-state index contributed by atoms with van der Waals surface area (Å²) in [5.41, 5.74) is 1.82. The maximum atomic E-state index is 13.2. The SMILES string of the molecule is Cn1nnc(-c2ccc(C(=O)N3CCC4(CCN(Cc5ccccn5)C4=O)C3)cc2)n1. The molecule has 5 rings (SSSR count). The minimum absolute atomic E-state index is 0.0495. The second-order valence-corrected chi connectivity index (χ2v) is 8.23. The number of likely N-dealkylation sites (tertiary alicyclic amines) is 2. The number of hydrogen-bond donors (Lipinski definition) is 0. The predicted molar refractivity (Wildman–Crippen MR) is 111 cm³/mol. The molecule has 0 N–H and O–H groups in total. The van der Waals surface area contributed by atoms with Crippen LogP contribution in [0.3, 0.4) is 0 Å². The number of rotatable bonds is 4. The van der Waals surface area contributed by atoms with Gasteiger partial charge < -0.3 is 9.80 Å². The molecule has 2 aromatic heterocycles. The van der Waals surface area contributed by atoms with Crippen molar-refractivity contribution in [1.82, 2.24) is 35.0 Å². The minimum Gasteiger partial charge on any atom is -0.338 e. The van der Waals surface area contributed by atoms with Gasteiger partial charge in [0, 0.05) is 37.0 Å². The minimum atomic E-state index is -0.464. The second-order valence-electron chi connectivity index (χ2n) is 8.23. The van der Waals surface area contributed by atoms with E-state index in [1.165, 1.54) is 4.80 Å². The van der Waals surface area contributed by atoms with Gasteiger partial charge in [0.1, 0.15) is 0 Å². The van der Waals surface area contributed by atoms with Crippen molar-refractivity contribution in [3.05, 3.63) is 59.9 Å². The number of benzene rings is 1. The van der Waals surface area contributed by atoms with Crippen molar-refractivity contribution in [1.29, 1.82) is 0 Å². The zero-order chi connectivity index (χ0) is 21.4. The van der Waals surface area contributed by atoms with Gasteiger partial charge in [-0.3, -0.25) is 14.6 Å². The van der Waals surface area contributed by atoms with Gasteiger partial charge in [-0.1, -0.05) is 18.2 Å². The third-order valence-electron chi connectivity index (χ3n) is 6.22. The fourth-order valence-electron chi connectivity index (χ4n) is 4.50. The molecule has 0 aliphatic carbocycles. The van der Waals surface area contributed by atoms with Crippen LogP contribution in [0.4, 0.5) is 0 Å². The Morgan fingerprint density at radius 2 is 1.90 bits per heavy atom. The van der Waals surface area contributed by atoms with Crippen LogP contribution in [0.1, 0.15) is 28.9 Å². The first-order valence-electron chi connectivity index (χ1n) is 10.4. The first-order valence-corrected chi connectivity index (χ1v) is 10.4. The molecule has 9 nitrogen and oxygen atoms in total. The molecule has 158 valence electrons. The summed E-state index contributed by atoms with van der Waals surface area (Å²) in [5, 5.41) is 12.0. The van der Waals surface area contributed by atoms with Gasteiger partial charge in [-0.2, -0.15) is 4.80 Å². The Morgan fingerprint density at radius 1 is 1.10 bits per heavy atom. The van der Waals surface area contributed by atoms with E-state index in [-0.39, 0.29) is 11.8 Å². The van der Waals surface area contributed by atoms with Gasteiger partial charge in [-0.15, -0.1) is 10.2 Å². The topological polar surface area (TPSA) is 97.1 Å². The molecular weight excluding hydrogens is 394 g/mol. The van der Waals surface area contributed by atoms with Crippen molar-refractivity contribution in [2.24, 2.45) is 12.5 Å². The Labute approximate surface area is 179 Å². The number of hydrogen-bond acceptors (Lipinski definition) is 6. The molecule has 2 aliphatic rings. The summed E-state index contributed by atoms with van der Waals surface area (Å²) in [6.07, 6.45) is 3.23. The number of carbonyl (C=O) groups excluding carboxylic acids is 2. The first kappa shape index (κ1) is 19.3. The highest BCUT2D eigenvalue weighted by atomic mass is 16.2. The van der Waals surface area contributed by atoms with Crippen molar-refractivity contribution in [3.63, 3.8) is 0 Å². The molecule has 2 saturated heterocycles. The predicted octanol–water partition coefficient (Wildman–Crippen LogP) is 1.54. The zero-order valence-electron chi connectivity index (χ0n) is 17.3. The molecule has 0 bridgehead atoms. The number of aryl methyl sites for hydroxylation is 1. The Bertz CT molecular complexity index is 1110. The first-order chi connectivity index (χ1) is 15.0. The molecule has 0 saturated carbocycles. The number of nitrogens with zero attached hydrogens (tertiary/aromatic N) is 7. The average molecular weight is 417 g/mol. The Morgan fingerprint density at radius 3 is 2.61 bits per heavy atom. The summed E-state index contributed by atoms with van der Waals surface area (Å²) in [7, 11) is 1.71. The molecule has 0 radical (unpaired) electrons. The fourth-order valence-corrected chi connectivity index (χ4v) is 4.50. The summed E-state index contributed by atoms with van der Waals surface area (Å²) in [4.78, 5) is 35.6.